The van der Waals surface area contributed by atoms with Crippen LogP contribution in [0.25, 0.3) is 0 Å². The van der Waals surface area contributed by atoms with E-state index in [-0.39, 0.29) is 58.9 Å². The Labute approximate surface area is 132 Å². The Kier molecular flexibility index (Phi) is 27.5. The summed E-state index contributed by atoms with van der Waals surface area (Å²) in [5, 5.41) is 0. The smallest absolute Gasteiger partial charge is 0.273 e. The van der Waals surface area contributed by atoms with Crippen molar-refractivity contribution in [2.45, 2.75) is 6.42 Å². The predicted octanol–water partition coefficient (Wildman–Crippen LogP) is 4.44. The van der Waals surface area contributed by atoms with Gasteiger partial charge in [0, 0.05) is 0 Å². The van der Waals surface area contributed by atoms with Crippen molar-refractivity contribution in [1.82, 2.24) is 0 Å². The van der Waals surface area contributed by atoms with Gasteiger partial charge in [0.15, 0.2) is 0 Å². The second kappa shape index (κ2) is 17.5. The monoisotopic (exact) mass is 312 g/mol. The van der Waals surface area contributed by atoms with Crippen LogP contribution in [0.4, 0.5) is 0 Å². The molecular weight excluding hydrogens is 298 g/mol. The number of rotatable bonds is 0. The molecule has 1 aliphatic carbocycles. The molecule has 0 heterocycles. The van der Waals surface area contributed by atoms with Gasteiger partial charge in [-0.15, -0.1) is 55.8 Å². The average Bonchev–Trinajstić information content (AvgIpc) is 2.62. The molecule has 0 unspecified atom stereocenters. The number of hydrogen-bond acceptors (Lipinski definition) is 0. The molecule has 0 bridgehead atoms. The van der Waals surface area contributed by atoms with Crippen molar-refractivity contribution in [3.8, 4) is 0 Å². The van der Waals surface area contributed by atoms with Gasteiger partial charge in [-0.2, -0.15) is 30.7 Å². The molecule has 1 aromatic rings. The molecule has 0 atom stereocenters. The van der Waals surface area contributed by atoms with Crippen LogP contribution in [0.1, 0.15) is 12.0 Å². The summed E-state index contributed by atoms with van der Waals surface area (Å²) < 4.78 is 0. The number of benzene rings is 1. The Morgan fingerprint density at radius 2 is 1.56 bits per heavy atom. The molecule has 0 spiro atoms. The van der Waals surface area contributed by atoms with Crippen LogP contribution < -0.4 is 0 Å². The minimum Gasteiger partial charge on any atom is -0.273 e. The Balaban J connectivity index is -0.0000000739. The van der Waals surface area contributed by atoms with Gasteiger partial charge < -0.3 is 0 Å². The third-order valence-corrected chi connectivity index (χ3v) is 1.43. The molecule has 2 rings (SSSR count). The van der Waals surface area contributed by atoms with E-state index in [4.69, 9.17) is 0 Å². The summed E-state index contributed by atoms with van der Waals surface area (Å²) in [6.45, 7) is 3.72. The van der Waals surface area contributed by atoms with Gasteiger partial charge in [0.1, 0.15) is 0 Å². The van der Waals surface area contributed by atoms with E-state index in [0.29, 0.717) is 0 Å². The molecule has 0 aliphatic heterocycles. The second-order valence-electron chi connectivity index (χ2n) is 2.49. The van der Waals surface area contributed by atoms with Gasteiger partial charge >= 0.3 is 21.7 Å². The van der Waals surface area contributed by atoms with Gasteiger partial charge in [-0.3, -0.25) is 6.08 Å². The van der Waals surface area contributed by atoms with E-state index in [1.807, 2.05) is 42.5 Å². The zero-order chi connectivity index (χ0) is 8.65. The molecule has 16 heavy (non-hydrogen) atoms. The van der Waals surface area contributed by atoms with Crippen LogP contribution >= 0.6 is 37.2 Å². The summed E-state index contributed by atoms with van der Waals surface area (Å²) >= 11 is 0. The molecule has 0 amide bonds. The van der Waals surface area contributed by atoms with Crippen LogP contribution in [0.3, 0.4) is 0 Å². The van der Waals surface area contributed by atoms with Crippen molar-refractivity contribution in [3.05, 3.63) is 67.1 Å². The fourth-order valence-electron chi connectivity index (χ4n) is 0.818. The predicted molar refractivity (Wildman–Crippen MR) is 74.2 cm³/mol. The quantitative estimate of drug-likeness (QED) is 0.491. The Morgan fingerprint density at radius 1 is 1.00 bits per heavy atom. The first-order valence-electron chi connectivity index (χ1n) is 3.98. The van der Waals surface area contributed by atoms with Gasteiger partial charge in [-0.25, -0.2) is 12.2 Å². The summed E-state index contributed by atoms with van der Waals surface area (Å²) in [4.78, 5) is 0. The summed E-state index contributed by atoms with van der Waals surface area (Å²) in [6, 6.07) is 9.87. The SMILES string of the molecule is Cl.Cl.Cl.[C-]1=CC=CC1.[CH2-]c1ccccc1.[Ti+2]. The topological polar surface area (TPSA) is 0 Å². The van der Waals surface area contributed by atoms with Crippen molar-refractivity contribution >= 4 is 37.2 Å². The van der Waals surface area contributed by atoms with E-state index in [9.17, 15) is 0 Å². The van der Waals surface area contributed by atoms with E-state index in [1.54, 1.807) is 0 Å². The second-order valence-corrected chi connectivity index (χ2v) is 2.49. The van der Waals surface area contributed by atoms with Crippen LogP contribution in [-0.2, 0) is 21.7 Å². The minimum atomic E-state index is 0. The largest absolute Gasteiger partial charge is 2.00 e. The van der Waals surface area contributed by atoms with E-state index in [2.05, 4.69) is 19.1 Å². The first-order valence-corrected chi connectivity index (χ1v) is 3.98. The molecule has 0 N–H and O–H groups in total. The fraction of sp³-hybridized carbons (Fsp3) is 0.0833. The van der Waals surface area contributed by atoms with Gasteiger partial charge in [-0.05, 0) is 0 Å². The fourth-order valence-corrected chi connectivity index (χ4v) is 0.818. The van der Waals surface area contributed by atoms with Gasteiger partial charge in [0.2, 0.25) is 0 Å². The Morgan fingerprint density at radius 3 is 1.75 bits per heavy atom. The Bertz CT molecular complexity index is 261. The molecule has 0 radical (unpaired) electrons. The minimum absolute atomic E-state index is 0. The number of hydrogen-bond donors (Lipinski definition) is 0. The van der Waals surface area contributed by atoms with E-state index in [1.165, 1.54) is 0 Å². The van der Waals surface area contributed by atoms with Crippen LogP contribution in [0.2, 0.25) is 0 Å². The van der Waals surface area contributed by atoms with E-state index in [0.717, 1.165) is 12.0 Å². The van der Waals surface area contributed by atoms with Crippen molar-refractivity contribution < 1.29 is 21.7 Å². The van der Waals surface area contributed by atoms with Gasteiger partial charge in [0.05, 0.1) is 0 Å². The molecule has 0 fully saturated rings. The van der Waals surface area contributed by atoms with Crippen LogP contribution in [0.15, 0.2) is 48.6 Å². The maximum absolute atomic E-state index is 3.72. The zero-order valence-electron chi connectivity index (χ0n) is 8.76. The normalized spacial score (nSPS) is 9.25. The van der Waals surface area contributed by atoms with Crippen molar-refractivity contribution in [3.63, 3.8) is 0 Å². The summed E-state index contributed by atoms with van der Waals surface area (Å²) in [7, 11) is 0. The molecule has 1 aliphatic rings. The van der Waals surface area contributed by atoms with Gasteiger partial charge in [-0.1, -0.05) is 6.07 Å². The van der Waals surface area contributed by atoms with E-state index < -0.39 is 0 Å². The molecule has 4 heteroatoms. The van der Waals surface area contributed by atoms with Crippen molar-refractivity contribution in [2.75, 3.05) is 0 Å². The number of halogens is 3. The summed E-state index contributed by atoms with van der Waals surface area (Å²) in [6.07, 6.45) is 10.0. The van der Waals surface area contributed by atoms with E-state index >= 15 is 0 Å². The molecule has 88 valence electrons. The van der Waals surface area contributed by atoms with Crippen molar-refractivity contribution in [1.29, 1.82) is 0 Å². The van der Waals surface area contributed by atoms with Gasteiger partial charge in [0.25, 0.3) is 0 Å². The third-order valence-electron chi connectivity index (χ3n) is 1.43. The molecule has 0 nitrogen and oxygen atoms in total. The van der Waals surface area contributed by atoms with Crippen LogP contribution in [0, 0.1) is 13.0 Å². The molecular formula is C12H15Cl3Ti. The maximum atomic E-state index is 3.72. The molecule has 0 aromatic heterocycles. The maximum Gasteiger partial charge on any atom is 2.00 e. The summed E-state index contributed by atoms with van der Waals surface area (Å²) in [5.74, 6) is 0. The molecule has 0 saturated carbocycles. The molecule has 0 saturated heterocycles. The van der Waals surface area contributed by atoms with Crippen LogP contribution in [-0.4, -0.2) is 0 Å². The zero-order valence-corrected chi connectivity index (χ0v) is 12.8. The van der Waals surface area contributed by atoms with Crippen molar-refractivity contribution in [2.24, 2.45) is 0 Å². The first kappa shape index (κ1) is 25.1. The third kappa shape index (κ3) is 14.2. The van der Waals surface area contributed by atoms with Crippen LogP contribution in [0.5, 0.6) is 0 Å². The number of allylic oxidation sites excluding steroid dienone is 4. The molecule has 1 aromatic carbocycles. The average molecular weight is 313 g/mol. The summed E-state index contributed by atoms with van der Waals surface area (Å²) in [5.41, 5.74) is 1.07. The standard InChI is InChI=1S/C7H7.C5H5.3ClH.Ti/c1-7-5-3-2-4-6-7;1-2-4-5-3-1;;;;/h2-6H,1H2;1-3H,4H2;3*1H;/q2*-1;;;;+2. The first-order chi connectivity index (χ1) is 5.89. The Hall–Kier alpha value is 0.154.